The first-order chi connectivity index (χ1) is 10.8. The smallest absolute Gasteiger partial charge is 0.339 e. The summed E-state index contributed by atoms with van der Waals surface area (Å²) in [7, 11) is 0. The Kier molecular flexibility index (Phi) is 7.88. The van der Waals surface area contributed by atoms with Crippen molar-refractivity contribution in [1.29, 1.82) is 0 Å². The predicted octanol–water partition coefficient (Wildman–Crippen LogP) is 3.18. The molecule has 0 radical (unpaired) electrons. The van der Waals surface area contributed by atoms with E-state index in [1.807, 2.05) is 13.8 Å². The van der Waals surface area contributed by atoms with Gasteiger partial charge in [-0.2, -0.15) is 0 Å². The predicted molar refractivity (Wildman–Crippen MR) is 90.4 cm³/mol. The fraction of sp³-hybridized carbons (Fsp3) is 0.500. The topological polar surface area (TPSA) is 87.9 Å². The largest absolute Gasteiger partial charge is 0.491 e. The molecule has 0 aromatic heterocycles. The average molecular weight is 388 g/mol. The minimum atomic E-state index is -0.463. The van der Waals surface area contributed by atoms with Crippen LogP contribution in [-0.4, -0.2) is 31.8 Å². The first kappa shape index (κ1) is 19.3. The highest BCUT2D eigenvalue weighted by molar-refractivity contribution is 9.10. The maximum Gasteiger partial charge on any atom is 0.339 e. The molecule has 1 aromatic rings. The van der Waals surface area contributed by atoms with Crippen LogP contribution >= 0.6 is 15.9 Å². The lowest BCUT2D eigenvalue weighted by atomic mass is 10.2. The standard InChI is InChI=1S/C16H22BrNO5/c1-4-21-16(20)11-7-13(18)14(8-12(11)17)22-6-5-15(19)23-9-10(2)3/h7-8,10H,4-6,9,18H2,1-3H3. The summed E-state index contributed by atoms with van der Waals surface area (Å²) >= 11 is 3.29. The Morgan fingerprint density at radius 3 is 2.57 bits per heavy atom. The number of nitrogen functional groups attached to an aromatic ring is 1. The van der Waals surface area contributed by atoms with Crippen LogP contribution in [0.5, 0.6) is 5.75 Å². The third-order valence-electron chi connectivity index (χ3n) is 2.74. The molecule has 1 aromatic carbocycles. The highest BCUT2D eigenvalue weighted by Crippen LogP contribution is 2.30. The second kappa shape index (κ2) is 9.39. The number of hydrogen-bond donors (Lipinski definition) is 1. The minimum Gasteiger partial charge on any atom is -0.491 e. The van der Waals surface area contributed by atoms with Crippen LogP contribution in [-0.2, 0) is 14.3 Å². The van der Waals surface area contributed by atoms with Crippen LogP contribution in [0.4, 0.5) is 5.69 Å². The van der Waals surface area contributed by atoms with Crippen LogP contribution < -0.4 is 10.5 Å². The van der Waals surface area contributed by atoms with Crippen molar-refractivity contribution < 1.29 is 23.8 Å². The molecular formula is C16H22BrNO5. The van der Waals surface area contributed by atoms with Crippen molar-refractivity contribution in [2.24, 2.45) is 5.92 Å². The molecule has 0 spiro atoms. The second-order valence-corrected chi connectivity index (χ2v) is 6.12. The second-order valence-electron chi connectivity index (χ2n) is 5.27. The molecule has 23 heavy (non-hydrogen) atoms. The Balaban J connectivity index is 2.60. The van der Waals surface area contributed by atoms with Gasteiger partial charge in [0.05, 0.1) is 37.5 Å². The van der Waals surface area contributed by atoms with Crippen molar-refractivity contribution in [3.8, 4) is 5.75 Å². The van der Waals surface area contributed by atoms with E-state index in [1.165, 1.54) is 6.07 Å². The highest BCUT2D eigenvalue weighted by Gasteiger charge is 2.15. The number of benzene rings is 1. The highest BCUT2D eigenvalue weighted by atomic mass is 79.9. The number of halogens is 1. The van der Waals surface area contributed by atoms with Crippen molar-refractivity contribution >= 4 is 33.6 Å². The van der Waals surface area contributed by atoms with E-state index in [1.54, 1.807) is 13.0 Å². The van der Waals surface area contributed by atoms with Gasteiger partial charge in [0.15, 0.2) is 0 Å². The number of hydrogen-bond acceptors (Lipinski definition) is 6. The SMILES string of the molecule is CCOC(=O)c1cc(N)c(OCCC(=O)OCC(C)C)cc1Br. The molecule has 0 saturated carbocycles. The van der Waals surface area contributed by atoms with E-state index < -0.39 is 5.97 Å². The summed E-state index contributed by atoms with van der Waals surface area (Å²) < 4.78 is 16.0. The molecule has 0 atom stereocenters. The molecule has 128 valence electrons. The normalized spacial score (nSPS) is 10.5. The zero-order valence-corrected chi connectivity index (χ0v) is 15.1. The fourth-order valence-electron chi connectivity index (χ4n) is 1.64. The van der Waals surface area contributed by atoms with E-state index in [-0.39, 0.29) is 25.6 Å². The van der Waals surface area contributed by atoms with Crippen LogP contribution in [0, 0.1) is 5.92 Å². The Morgan fingerprint density at radius 1 is 1.26 bits per heavy atom. The summed E-state index contributed by atoms with van der Waals surface area (Å²) in [6.07, 6.45) is 0.128. The molecule has 0 aliphatic carbocycles. The van der Waals surface area contributed by atoms with E-state index in [9.17, 15) is 9.59 Å². The third-order valence-corrected chi connectivity index (χ3v) is 3.39. The van der Waals surface area contributed by atoms with E-state index in [4.69, 9.17) is 19.9 Å². The lowest BCUT2D eigenvalue weighted by Gasteiger charge is -2.12. The molecule has 7 heteroatoms. The average Bonchev–Trinajstić information content (AvgIpc) is 2.48. The summed E-state index contributed by atoms with van der Waals surface area (Å²) in [4.78, 5) is 23.3. The summed E-state index contributed by atoms with van der Waals surface area (Å²) in [6.45, 7) is 6.47. The van der Waals surface area contributed by atoms with Crippen molar-refractivity contribution in [3.63, 3.8) is 0 Å². The van der Waals surface area contributed by atoms with Gasteiger partial charge in [-0.3, -0.25) is 4.79 Å². The van der Waals surface area contributed by atoms with Crippen LogP contribution in [0.3, 0.4) is 0 Å². The summed E-state index contributed by atoms with van der Waals surface area (Å²) in [5, 5.41) is 0. The molecule has 0 saturated heterocycles. The summed E-state index contributed by atoms with van der Waals surface area (Å²) in [5.41, 5.74) is 6.49. The van der Waals surface area contributed by atoms with E-state index in [0.29, 0.717) is 34.0 Å². The number of rotatable bonds is 8. The first-order valence-electron chi connectivity index (χ1n) is 7.39. The van der Waals surface area contributed by atoms with E-state index in [2.05, 4.69) is 15.9 Å². The van der Waals surface area contributed by atoms with Crippen LogP contribution in [0.1, 0.15) is 37.6 Å². The van der Waals surface area contributed by atoms with Crippen LogP contribution in [0.25, 0.3) is 0 Å². The summed E-state index contributed by atoms with van der Waals surface area (Å²) in [6, 6.07) is 3.07. The van der Waals surface area contributed by atoms with Gasteiger partial charge in [-0.05, 0) is 40.9 Å². The lowest BCUT2D eigenvalue weighted by Crippen LogP contribution is -2.13. The van der Waals surface area contributed by atoms with Crippen molar-refractivity contribution in [1.82, 2.24) is 0 Å². The van der Waals surface area contributed by atoms with Gasteiger partial charge in [-0.1, -0.05) is 13.8 Å². The molecule has 0 unspecified atom stereocenters. The lowest BCUT2D eigenvalue weighted by molar-refractivity contribution is -0.145. The van der Waals surface area contributed by atoms with Crippen molar-refractivity contribution in [2.45, 2.75) is 27.2 Å². The van der Waals surface area contributed by atoms with Crippen LogP contribution in [0.2, 0.25) is 0 Å². The van der Waals surface area contributed by atoms with Gasteiger partial charge in [0.1, 0.15) is 5.75 Å². The van der Waals surface area contributed by atoms with E-state index in [0.717, 1.165) is 0 Å². The zero-order chi connectivity index (χ0) is 17.4. The molecule has 0 amide bonds. The van der Waals surface area contributed by atoms with Gasteiger partial charge in [-0.25, -0.2) is 4.79 Å². The fourth-order valence-corrected chi connectivity index (χ4v) is 2.12. The molecule has 6 nitrogen and oxygen atoms in total. The number of carbonyl (C=O) groups excluding carboxylic acids is 2. The molecule has 0 fully saturated rings. The maximum atomic E-state index is 11.7. The van der Waals surface area contributed by atoms with Crippen molar-refractivity contribution in [3.05, 3.63) is 22.2 Å². The number of ether oxygens (including phenoxy) is 3. The van der Waals surface area contributed by atoms with Crippen molar-refractivity contribution in [2.75, 3.05) is 25.6 Å². The Hall–Kier alpha value is -1.76. The van der Waals surface area contributed by atoms with Gasteiger partial charge < -0.3 is 19.9 Å². The molecule has 0 aliphatic rings. The first-order valence-corrected chi connectivity index (χ1v) is 8.19. The Bertz CT molecular complexity index is 560. The number of carbonyl (C=O) groups is 2. The summed E-state index contributed by atoms with van der Waals surface area (Å²) in [5.74, 6) is -0.0992. The molecular weight excluding hydrogens is 366 g/mol. The number of esters is 2. The quantitative estimate of drug-likeness (QED) is 0.544. The van der Waals surface area contributed by atoms with Crippen LogP contribution in [0.15, 0.2) is 16.6 Å². The number of nitrogens with two attached hydrogens (primary N) is 1. The molecule has 1 rings (SSSR count). The van der Waals surface area contributed by atoms with Gasteiger partial charge in [0, 0.05) is 4.47 Å². The molecule has 2 N–H and O–H groups in total. The molecule has 0 heterocycles. The zero-order valence-electron chi connectivity index (χ0n) is 13.6. The van der Waals surface area contributed by atoms with E-state index >= 15 is 0 Å². The molecule has 0 bridgehead atoms. The minimum absolute atomic E-state index is 0.128. The van der Waals surface area contributed by atoms with Gasteiger partial charge in [0.25, 0.3) is 0 Å². The van der Waals surface area contributed by atoms with Gasteiger partial charge in [-0.15, -0.1) is 0 Å². The molecule has 0 aliphatic heterocycles. The Labute approximate surface area is 144 Å². The third kappa shape index (κ3) is 6.48. The maximum absolute atomic E-state index is 11.7. The Morgan fingerprint density at radius 2 is 1.96 bits per heavy atom. The monoisotopic (exact) mass is 387 g/mol. The number of anilines is 1. The van der Waals surface area contributed by atoms with Gasteiger partial charge in [0.2, 0.25) is 0 Å². The van der Waals surface area contributed by atoms with Gasteiger partial charge >= 0.3 is 11.9 Å².